The van der Waals surface area contributed by atoms with Crippen molar-refractivity contribution in [3.8, 4) is 0 Å². The molecular weight excluding hydrogens is 121 g/mol. The summed E-state index contributed by atoms with van der Waals surface area (Å²) in [6.07, 6.45) is 1.09. The summed E-state index contributed by atoms with van der Waals surface area (Å²) in [5.41, 5.74) is 0. The van der Waals surface area contributed by atoms with E-state index in [1.807, 2.05) is 0 Å². The Kier molecular flexibility index (Phi) is 9.55. The molecule has 0 heterocycles. The van der Waals surface area contributed by atoms with Gasteiger partial charge in [0, 0.05) is 1.43 Å². The Labute approximate surface area is 56.5 Å². The van der Waals surface area contributed by atoms with Crippen LogP contribution < -0.4 is 5.32 Å². The maximum absolute atomic E-state index is 10.3. The van der Waals surface area contributed by atoms with Crippen molar-refractivity contribution in [3.63, 3.8) is 0 Å². The molecule has 0 rings (SSSR count). The Morgan fingerprint density at radius 3 is 2.56 bits per heavy atom. The Balaban J connectivity index is -0.000000245. The second-order valence-electron chi connectivity index (χ2n) is 1.88. The molecule has 0 radical (unpaired) electrons. The van der Waals surface area contributed by atoms with E-state index in [0.717, 1.165) is 13.0 Å². The maximum atomic E-state index is 10.3. The fourth-order valence-electron chi connectivity index (χ4n) is 0.441. The van der Waals surface area contributed by atoms with Crippen molar-refractivity contribution in [1.29, 1.82) is 0 Å². The first-order chi connectivity index (χ1) is 3.77. The third-order valence-electron chi connectivity index (χ3n) is 0.801. The van der Waals surface area contributed by atoms with Gasteiger partial charge in [0.05, 0.1) is 6.54 Å². The van der Waals surface area contributed by atoms with Crippen LogP contribution in [0.25, 0.3) is 0 Å². The molecule has 0 spiro atoms. The molecule has 58 valence electrons. The molecule has 0 amide bonds. The summed E-state index contributed by atoms with van der Waals surface area (Å²) in [5.74, 6) is 0.207. The van der Waals surface area contributed by atoms with E-state index in [0.29, 0.717) is 6.54 Å². The SMILES string of the molecule is CCCNCC(C)=O.F.[HH]. The van der Waals surface area contributed by atoms with E-state index in [4.69, 9.17) is 0 Å². The predicted molar refractivity (Wildman–Crippen MR) is 38.5 cm³/mol. The highest BCUT2D eigenvalue weighted by molar-refractivity contribution is 5.77. The van der Waals surface area contributed by atoms with Gasteiger partial charge in [0.15, 0.2) is 0 Å². The highest BCUT2D eigenvalue weighted by Gasteiger charge is 1.87. The molecule has 0 saturated heterocycles. The minimum atomic E-state index is 0. The first-order valence-corrected chi connectivity index (χ1v) is 2.97. The third-order valence-corrected chi connectivity index (χ3v) is 0.801. The number of ketones is 1. The van der Waals surface area contributed by atoms with Crippen molar-refractivity contribution in [1.82, 2.24) is 5.32 Å². The van der Waals surface area contributed by atoms with Crippen molar-refractivity contribution in [3.05, 3.63) is 0 Å². The van der Waals surface area contributed by atoms with Gasteiger partial charge < -0.3 is 5.32 Å². The Hall–Kier alpha value is -0.440. The molecule has 0 aliphatic carbocycles. The molecule has 0 aliphatic rings. The molecule has 9 heavy (non-hydrogen) atoms. The van der Waals surface area contributed by atoms with E-state index >= 15 is 0 Å². The van der Waals surface area contributed by atoms with Gasteiger partial charge in [-0.15, -0.1) is 0 Å². The normalized spacial score (nSPS) is 8.22. The zero-order chi connectivity index (χ0) is 6.41. The molecule has 0 bridgehead atoms. The lowest BCUT2D eigenvalue weighted by molar-refractivity contribution is -0.116. The van der Waals surface area contributed by atoms with Gasteiger partial charge in [-0.3, -0.25) is 9.50 Å². The summed E-state index contributed by atoms with van der Waals surface area (Å²) in [5, 5.41) is 2.98. The van der Waals surface area contributed by atoms with Gasteiger partial charge in [-0.25, -0.2) is 0 Å². The highest BCUT2D eigenvalue weighted by Crippen LogP contribution is 1.69. The van der Waals surface area contributed by atoms with Crippen LogP contribution in [-0.4, -0.2) is 18.9 Å². The van der Waals surface area contributed by atoms with Gasteiger partial charge in [0.2, 0.25) is 0 Å². The topological polar surface area (TPSA) is 29.1 Å². The molecule has 0 aliphatic heterocycles. The summed E-state index contributed by atoms with van der Waals surface area (Å²) in [6.45, 7) is 5.13. The smallest absolute Gasteiger partial charge is 0.143 e. The number of nitrogens with one attached hydrogen (secondary N) is 1. The molecule has 0 aromatic carbocycles. The van der Waals surface area contributed by atoms with Crippen LogP contribution in [0.15, 0.2) is 0 Å². The number of Topliss-reactive ketones (excluding diaryl/α,β-unsaturated/α-hetero) is 1. The van der Waals surface area contributed by atoms with Crippen LogP contribution >= 0.6 is 0 Å². The first kappa shape index (κ1) is 11.4. The average Bonchev–Trinajstić information content (AvgIpc) is 1.66. The average molecular weight is 137 g/mol. The summed E-state index contributed by atoms with van der Waals surface area (Å²) >= 11 is 0. The number of rotatable bonds is 4. The van der Waals surface area contributed by atoms with Crippen LogP contribution in [0.4, 0.5) is 4.70 Å². The monoisotopic (exact) mass is 137 g/mol. The number of hydrogen-bond donors (Lipinski definition) is 1. The van der Waals surface area contributed by atoms with Crippen molar-refractivity contribution >= 4 is 5.78 Å². The van der Waals surface area contributed by atoms with Gasteiger partial charge in [0.1, 0.15) is 5.78 Å². The van der Waals surface area contributed by atoms with E-state index in [1.54, 1.807) is 6.92 Å². The summed E-state index contributed by atoms with van der Waals surface area (Å²) in [6, 6.07) is 0. The molecule has 1 N–H and O–H groups in total. The van der Waals surface area contributed by atoms with Crippen LogP contribution in [0, 0.1) is 0 Å². The Morgan fingerprint density at radius 1 is 1.67 bits per heavy atom. The first-order valence-electron chi connectivity index (χ1n) is 2.97. The summed E-state index contributed by atoms with van der Waals surface area (Å²) in [7, 11) is 0. The minimum Gasteiger partial charge on any atom is -0.310 e. The second kappa shape index (κ2) is 7.56. The van der Waals surface area contributed by atoms with Crippen LogP contribution in [0.2, 0.25) is 0 Å². The van der Waals surface area contributed by atoms with E-state index in [2.05, 4.69) is 12.2 Å². The predicted octanol–water partition coefficient (Wildman–Crippen LogP) is 0.974. The molecule has 3 heteroatoms. The van der Waals surface area contributed by atoms with Crippen molar-refractivity contribution in [2.45, 2.75) is 20.3 Å². The zero-order valence-electron chi connectivity index (χ0n) is 5.94. The van der Waals surface area contributed by atoms with E-state index < -0.39 is 0 Å². The van der Waals surface area contributed by atoms with Gasteiger partial charge >= 0.3 is 0 Å². The number of hydrogen-bond acceptors (Lipinski definition) is 2. The van der Waals surface area contributed by atoms with Gasteiger partial charge in [-0.1, -0.05) is 6.92 Å². The fraction of sp³-hybridized carbons (Fsp3) is 0.833. The number of carbonyl (C=O) groups excluding carboxylic acids is 1. The third kappa shape index (κ3) is 11.2. The Morgan fingerprint density at radius 2 is 2.22 bits per heavy atom. The molecule has 0 aromatic rings. The van der Waals surface area contributed by atoms with Crippen LogP contribution in [-0.2, 0) is 4.79 Å². The fourth-order valence-corrected chi connectivity index (χ4v) is 0.441. The lowest BCUT2D eigenvalue weighted by atomic mass is 10.4. The lowest BCUT2D eigenvalue weighted by Gasteiger charge is -1.95. The van der Waals surface area contributed by atoms with Gasteiger partial charge in [-0.2, -0.15) is 0 Å². The molecular formula is C6H16FNO. The van der Waals surface area contributed by atoms with Crippen LogP contribution in [0.3, 0.4) is 0 Å². The molecule has 0 fully saturated rings. The van der Waals surface area contributed by atoms with Crippen LogP contribution in [0.5, 0.6) is 0 Å². The number of carbonyl (C=O) groups is 1. The van der Waals surface area contributed by atoms with Crippen molar-refractivity contribution in [2.75, 3.05) is 13.1 Å². The molecule has 2 nitrogen and oxygen atoms in total. The lowest BCUT2D eigenvalue weighted by Crippen LogP contribution is -2.21. The van der Waals surface area contributed by atoms with Gasteiger partial charge in [-0.05, 0) is 19.9 Å². The minimum absolute atomic E-state index is 0. The summed E-state index contributed by atoms with van der Waals surface area (Å²) < 4.78 is 0. The summed E-state index contributed by atoms with van der Waals surface area (Å²) in [4.78, 5) is 10.3. The standard InChI is InChI=1S/C6H13NO.FH.H2/c1-3-4-7-5-6(2)8;;/h7H,3-5H2,1-2H3;2*1H. The van der Waals surface area contributed by atoms with E-state index in [-0.39, 0.29) is 11.9 Å². The molecule has 0 aromatic heterocycles. The van der Waals surface area contributed by atoms with Gasteiger partial charge in [0.25, 0.3) is 0 Å². The Bertz CT molecular complexity index is 80.1. The molecule has 0 atom stereocenters. The van der Waals surface area contributed by atoms with E-state index in [1.165, 1.54) is 0 Å². The number of halogens is 1. The second-order valence-corrected chi connectivity index (χ2v) is 1.88. The van der Waals surface area contributed by atoms with E-state index in [9.17, 15) is 4.79 Å². The van der Waals surface area contributed by atoms with Crippen molar-refractivity contribution in [2.24, 2.45) is 0 Å². The molecule has 0 saturated carbocycles. The zero-order valence-corrected chi connectivity index (χ0v) is 5.94. The highest BCUT2D eigenvalue weighted by atomic mass is 19.0. The van der Waals surface area contributed by atoms with Crippen LogP contribution in [0.1, 0.15) is 21.7 Å². The largest absolute Gasteiger partial charge is 0.310 e. The maximum Gasteiger partial charge on any atom is 0.143 e. The van der Waals surface area contributed by atoms with Crippen molar-refractivity contribution < 1.29 is 10.9 Å². The quantitative estimate of drug-likeness (QED) is 0.585. The molecule has 0 unspecified atom stereocenters.